The molecule has 0 aliphatic heterocycles. The zero-order valence-corrected chi connectivity index (χ0v) is 13.1. The fraction of sp³-hybridized carbons (Fsp3) is 0.909. The second-order valence-corrected chi connectivity index (χ2v) is 3.32. The van der Waals surface area contributed by atoms with Gasteiger partial charge in [-0.05, 0) is 33.6 Å². The first-order chi connectivity index (χ1) is 7.26. The summed E-state index contributed by atoms with van der Waals surface area (Å²) in [5, 5.41) is 0. The van der Waals surface area contributed by atoms with Crippen LogP contribution in [-0.2, 0) is 4.74 Å². The first kappa shape index (κ1) is 18.3. The number of aliphatic imine (C=N–C) groups is 1. The maximum atomic E-state index is 5.82. The van der Waals surface area contributed by atoms with E-state index in [1.165, 1.54) is 0 Å². The maximum Gasteiger partial charge on any atom is 0.191 e. The van der Waals surface area contributed by atoms with Gasteiger partial charge in [-0.2, -0.15) is 0 Å². The molecule has 0 bridgehead atoms. The van der Waals surface area contributed by atoms with Crippen LogP contribution in [0.5, 0.6) is 0 Å². The van der Waals surface area contributed by atoms with Gasteiger partial charge < -0.3 is 15.4 Å². The molecule has 0 aromatic rings. The van der Waals surface area contributed by atoms with Crippen LogP contribution in [0.25, 0.3) is 0 Å². The van der Waals surface area contributed by atoms with Crippen LogP contribution >= 0.6 is 24.0 Å². The van der Waals surface area contributed by atoms with Crippen molar-refractivity contribution in [2.24, 2.45) is 10.7 Å². The van der Waals surface area contributed by atoms with Crippen molar-refractivity contribution < 1.29 is 4.74 Å². The highest BCUT2D eigenvalue weighted by molar-refractivity contribution is 14.0. The largest absolute Gasteiger partial charge is 0.382 e. The number of halogens is 1. The molecule has 0 amide bonds. The minimum absolute atomic E-state index is 0. The van der Waals surface area contributed by atoms with Crippen molar-refractivity contribution >= 4 is 29.9 Å². The SMILES string of the molecule is CCOCCCCN=C(N)N(CC)CC.I. The van der Waals surface area contributed by atoms with Crippen molar-refractivity contribution in [3.63, 3.8) is 0 Å². The molecule has 0 atom stereocenters. The number of unbranched alkanes of at least 4 members (excludes halogenated alkanes) is 1. The predicted octanol–water partition coefficient (Wildman–Crippen LogP) is 2.08. The van der Waals surface area contributed by atoms with Crippen LogP contribution in [0.4, 0.5) is 0 Å². The zero-order chi connectivity index (χ0) is 11.5. The average Bonchev–Trinajstić information content (AvgIpc) is 2.25. The molecule has 2 N–H and O–H groups in total. The molecular formula is C11H26IN3O. The third kappa shape index (κ3) is 9.21. The Morgan fingerprint density at radius 2 is 1.81 bits per heavy atom. The summed E-state index contributed by atoms with van der Waals surface area (Å²) in [5.41, 5.74) is 5.82. The number of hydrogen-bond donors (Lipinski definition) is 1. The lowest BCUT2D eigenvalue weighted by Gasteiger charge is -2.19. The normalized spacial score (nSPS) is 11.1. The molecule has 0 heterocycles. The van der Waals surface area contributed by atoms with Gasteiger partial charge >= 0.3 is 0 Å². The topological polar surface area (TPSA) is 50.9 Å². The van der Waals surface area contributed by atoms with Crippen molar-refractivity contribution in [2.75, 3.05) is 32.8 Å². The summed E-state index contributed by atoms with van der Waals surface area (Å²) in [6.45, 7) is 10.4. The van der Waals surface area contributed by atoms with Crippen molar-refractivity contribution in [3.8, 4) is 0 Å². The molecule has 16 heavy (non-hydrogen) atoms. The van der Waals surface area contributed by atoms with Crippen LogP contribution < -0.4 is 5.73 Å². The standard InChI is InChI=1S/C11H25N3O.HI/c1-4-14(5-2)11(12)13-9-7-8-10-15-6-3;/h4-10H2,1-3H3,(H2,12,13);1H. The van der Waals surface area contributed by atoms with Gasteiger partial charge in [0.2, 0.25) is 0 Å². The Morgan fingerprint density at radius 1 is 1.19 bits per heavy atom. The molecule has 0 aliphatic carbocycles. The van der Waals surface area contributed by atoms with E-state index < -0.39 is 0 Å². The van der Waals surface area contributed by atoms with Crippen LogP contribution in [0.15, 0.2) is 4.99 Å². The summed E-state index contributed by atoms with van der Waals surface area (Å²) >= 11 is 0. The Balaban J connectivity index is 0. The summed E-state index contributed by atoms with van der Waals surface area (Å²) in [6.07, 6.45) is 2.10. The van der Waals surface area contributed by atoms with Gasteiger partial charge in [-0.3, -0.25) is 4.99 Å². The van der Waals surface area contributed by atoms with Crippen LogP contribution in [0.3, 0.4) is 0 Å². The fourth-order valence-corrected chi connectivity index (χ4v) is 1.30. The van der Waals surface area contributed by atoms with Crippen molar-refractivity contribution in [2.45, 2.75) is 33.6 Å². The van der Waals surface area contributed by atoms with Crippen molar-refractivity contribution in [1.82, 2.24) is 4.90 Å². The number of ether oxygens (including phenoxy) is 1. The number of guanidine groups is 1. The Morgan fingerprint density at radius 3 is 2.31 bits per heavy atom. The minimum Gasteiger partial charge on any atom is -0.382 e. The molecule has 0 fully saturated rings. The lowest BCUT2D eigenvalue weighted by Crippen LogP contribution is -2.37. The number of nitrogens with two attached hydrogens (primary N) is 1. The lowest BCUT2D eigenvalue weighted by atomic mass is 10.3. The molecule has 0 unspecified atom stereocenters. The van der Waals surface area contributed by atoms with E-state index in [1.807, 2.05) is 6.92 Å². The highest BCUT2D eigenvalue weighted by Gasteiger charge is 2.00. The van der Waals surface area contributed by atoms with Gasteiger partial charge in [0.25, 0.3) is 0 Å². The zero-order valence-electron chi connectivity index (χ0n) is 10.7. The van der Waals surface area contributed by atoms with E-state index in [0.717, 1.165) is 45.7 Å². The average molecular weight is 343 g/mol. The second-order valence-electron chi connectivity index (χ2n) is 3.32. The molecule has 98 valence electrons. The summed E-state index contributed by atoms with van der Waals surface area (Å²) < 4.78 is 5.24. The van der Waals surface area contributed by atoms with Gasteiger partial charge in [-0.25, -0.2) is 0 Å². The monoisotopic (exact) mass is 343 g/mol. The second kappa shape index (κ2) is 13.0. The van der Waals surface area contributed by atoms with Crippen LogP contribution in [0, 0.1) is 0 Å². The van der Waals surface area contributed by atoms with E-state index in [2.05, 4.69) is 23.7 Å². The number of rotatable bonds is 8. The third-order valence-corrected chi connectivity index (χ3v) is 2.26. The Hall–Kier alpha value is -0.0400. The minimum atomic E-state index is 0. The molecule has 0 spiro atoms. The lowest BCUT2D eigenvalue weighted by molar-refractivity contribution is 0.144. The summed E-state index contributed by atoms with van der Waals surface area (Å²) in [4.78, 5) is 6.39. The smallest absolute Gasteiger partial charge is 0.191 e. The molecule has 0 aliphatic rings. The quantitative estimate of drug-likeness (QED) is 0.318. The number of hydrogen-bond acceptors (Lipinski definition) is 2. The predicted molar refractivity (Wildman–Crippen MR) is 80.6 cm³/mol. The summed E-state index contributed by atoms with van der Waals surface area (Å²) in [6, 6.07) is 0. The van der Waals surface area contributed by atoms with E-state index in [4.69, 9.17) is 10.5 Å². The van der Waals surface area contributed by atoms with Gasteiger partial charge in [-0.1, -0.05) is 0 Å². The Bertz CT molecular complexity index is 173. The van der Waals surface area contributed by atoms with E-state index >= 15 is 0 Å². The Kier molecular flexibility index (Phi) is 14.9. The van der Waals surface area contributed by atoms with E-state index in [1.54, 1.807) is 0 Å². The molecule has 4 nitrogen and oxygen atoms in total. The molecule has 0 rings (SSSR count). The van der Waals surface area contributed by atoms with Crippen LogP contribution in [-0.4, -0.2) is 43.7 Å². The first-order valence-electron chi connectivity index (χ1n) is 5.88. The molecule has 0 saturated heterocycles. The highest BCUT2D eigenvalue weighted by Crippen LogP contribution is 1.93. The molecular weight excluding hydrogens is 317 g/mol. The third-order valence-electron chi connectivity index (χ3n) is 2.26. The fourth-order valence-electron chi connectivity index (χ4n) is 1.30. The van der Waals surface area contributed by atoms with Gasteiger partial charge in [0, 0.05) is 32.8 Å². The van der Waals surface area contributed by atoms with E-state index in [0.29, 0.717) is 5.96 Å². The van der Waals surface area contributed by atoms with Gasteiger partial charge in [0.1, 0.15) is 0 Å². The van der Waals surface area contributed by atoms with Crippen LogP contribution in [0.1, 0.15) is 33.6 Å². The molecule has 0 radical (unpaired) electrons. The van der Waals surface area contributed by atoms with E-state index in [9.17, 15) is 0 Å². The van der Waals surface area contributed by atoms with Crippen molar-refractivity contribution in [3.05, 3.63) is 0 Å². The highest BCUT2D eigenvalue weighted by atomic mass is 127. The van der Waals surface area contributed by atoms with E-state index in [-0.39, 0.29) is 24.0 Å². The van der Waals surface area contributed by atoms with Gasteiger partial charge in [0.15, 0.2) is 5.96 Å². The Labute approximate surface area is 117 Å². The summed E-state index contributed by atoms with van der Waals surface area (Å²) in [5.74, 6) is 0.663. The molecule has 5 heteroatoms. The van der Waals surface area contributed by atoms with Crippen LogP contribution in [0.2, 0.25) is 0 Å². The molecule has 0 saturated carbocycles. The summed E-state index contributed by atoms with van der Waals surface area (Å²) in [7, 11) is 0. The first-order valence-corrected chi connectivity index (χ1v) is 5.88. The molecule has 0 aromatic carbocycles. The van der Waals surface area contributed by atoms with Crippen molar-refractivity contribution in [1.29, 1.82) is 0 Å². The molecule has 0 aromatic heterocycles. The van der Waals surface area contributed by atoms with Gasteiger partial charge in [-0.15, -0.1) is 24.0 Å². The maximum absolute atomic E-state index is 5.82. The van der Waals surface area contributed by atoms with Gasteiger partial charge in [0.05, 0.1) is 0 Å². The number of nitrogens with zero attached hydrogens (tertiary/aromatic N) is 2.